The van der Waals surface area contributed by atoms with Crippen LogP contribution in [0, 0.1) is 0 Å². The molecule has 5 nitrogen and oxygen atoms in total. The molecule has 1 N–H and O–H groups in total. The fourth-order valence-corrected chi connectivity index (χ4v) is 4.08. The fourth-order valence-electron chi connectivity index (χ4n) is 2.75. The zero-order valence-electron chi connectivity index (χ0n) is 11.5. The third-order valence-corrected chi connectivity index (χ3v) is 4.66. The number of anilines is 1. The smallest absolute Gasteiger partial charge is 0.356 e. The van der Waals surface area contributed by atoms with E-state index in [0.717, 1.165) is 13.1 Å². The topological polar surface area (TPSA) is 57.8 Å². The Labute approximate surface area is 121 Å². The first-order chi connectivity index (χ1) is 9.56. The lowest BCUT2D eigenvalue weighted by Gasteiger charge is -2.35. The zero-order chi connectivity index (χ0) is 14.3. The third-order valence-electron chi connectivity index (χ3n) is 3.43. The Morgan fingerprint density at radius 1 is 1.35 bits per heavy atom. The lowest BCUT2D eigenvalue weighted by atomic mass is 10.3. The number of carboxylic acids is 1. The highest BCUT2D eigenvalue weighted by molar-refractivity contribution is 8.00. The molecule has 2 unspecified atom stereocenters. The molecule has 1 aliphatic rings. The summed E-state index contributed by atoms with van der Waals surface area (Å²) in [6.45, 7) is 6.01. The molecule has 2 aromatic heterocycles. The van der Waals surface area contributed by atoms with E-state index in [9.17, 15) is 9.90 Å². The van der Waals surface area contributed by atoms with Crippen LogP contribution < -0.4 is 4.90 Å². The zero-order valence-corrected chi connectivity index (χ0v) is 12.3. The maximum Gasteiger partial charge on any atom is 0.356 e. The van der Waals surface area contributed by atoms with Gasteiger partial charge in [-0.05, 0) is 12.1 Å². The van der Waals surface area contributed by atoms with Gasteiger partial charge < -0.3 is 10.0 Å². The first-order valence-corrected chi connectivity index (χ1v) is 7.61. The minimum absolute atomic E-state index is 0.256. The molecule has 0 radical (unpaired) electrons. The van der Waals surface area contributed by atoms with Crippen molar-refractivity contribution in [3.63, 3.8) is 0 Å². The van der Waals surface area contributed by atoms with Gasteiger partial charge in [-0.3, -0.25) is 4.40 Å². The van der Waals surface area contributed by atoms with Gasteiger partial charge in [-0.15, -0.1) is 0 Å². The molecule has 2 atom stereocenters. The number of hydrogen-bond acceptors (Lipinski definition) is 4. The number of fused-ring (bicyclic) bond motifs is 1. The van der Waals surface area contributed by atoms with Crippen molar-refractivity contribution < 1.29 is 9.90 Å². The summed E-state index contributed by atoms with van der Waals surface area (Å²) in [4.78, 5) is 18.2. The molecular weight excluding hydrogens is 274 g/mol. The Morgan fingerprint density at radius 2 is 2.05 bits per heavy atom. The lowest BCUT2D eigenvalue weighted by Crippen LogP contribution is -2.41. The number of imidazole rings is 1. The second-order valence-corrected chi connectivity index (χ2v) is 7.06. The largest absolute Gasteiger partial charge is 0.476 e. The van der Waals surface area contributed by atoms with Crippen LogP contribution in [-0.4, -0.2) is 44.0 Å². The van der Waals surface area contributed by atoms with E-state index in [1.807, 2.05) is 30.0 Å². The van der Waals surface area contributed by atoms with Crippen molar-refractivity contribution in [1.29, 1.82) is 0 Å². The SMILES string of the molecule is CC1CN(c2nc3ccccn3c2C(=O)O)CC(C)S1. The van der Waals surface area contributed by atoms with Gasteiger partial charge in [-0.25, -0.2) is 9.78 Å². The van der Waals surface area contributed by atoms with E-state index < -0.39 is 5.97 Å². The van der Waals surface area contributed by atoms with Crippen molar-refractivity contribution in [2.75, 3.05) is 18.0 Å². The van der Waals surface area contributed by atoms with Crippen LogP contribution in [-0.2, 0) is 0 Å². The second kappa shape index (κ2) is 5.01. The van der Waals surface area contributed by atoms with Crippen LogP contribution in [0.5, 0.6) is 0 Å². The summed E-state index contributed by atoms with van der Waals surface area (Å²) in [5.41, 5.74) is 0.935. The summed E-state index contributed by atoms with van der Waals surface area (Å²) >= 11 is 1.94. The van der Waals surface area contributed by atoms with Gasteiger partial charge in [-0.2, -0.15) is 11.8 Å². The van der Waals surface area contributed by atoms with E-state index in [1.165, 1.54) is 0 Å². The predicted molar refractivity (Wildman–Crippen MR) is 80.9 cm³/mol. The average molecular weight is 291 g/mol. The molecule has 0 amide bonds. The summed E-state index contributed by atoms with van der Waals surface area (Å²) in [5, 5.41) is 10.5. The number of carboxylic acid groups (broad SMARTS) is 1. The van der Waals surface area contributed by atoms with Crippen molar-refractivity contribution in [1.82, 2.24) is 9.38 Å². The highest BCUT2D eigenvalue weighted by atomic mass is 32.2. The van der Waals surface area contributed by atoms with Crippen LogP contribution in [0.3, 0.4) is 0 Å². The first-order valence-electron chi connectivity index (χ1n) is 6.67. The third kappa shape index (κ3) is 2.24. The van der Waals surface area contributed by atoms with E-state index in [-0.39, 0.29) is 5.69 Å². The number of thioether (sulfide) groups is 1. The van der Waals surface area contributed by atoms with Crippen LogP contribution in [0.15, 0.2) is 24.4 Å². The van der Waals surface area contributed by atoms with Gasteiger partial charge in [-0.1, -0.05) is 19.9 Å². The Kier molecular flexibility index (Phi) is 3.33. The monoisotopic (exact) mass is 291 g/mol. The van der Waals surface area contributed by atoms with Gasteiger partial charge in [0.15, 0.2) is 11.5 Å². The van der Waals surface area contributed by atoms with Crippen molar-refractivity contribution in [3.05, 3.63) is 30.1 Å². The molecule has 106 valence electrons. The van der Waals surface area contributed by atoms with Crippen LogP contribution >= 0.6 is 11.8 Å². The standard InChI is InChI=1S/C14H17N3O2S/c1-9-7-16(8-10(2)20-9)13-12(14(18)19)17-6-4-3-5-11(17)15-13/h3-6,9-10H,7-8H2,1-2H3,(H,18,19). The molecule has 3 heterocycles. The summed E-state index contributed by atoms with van der Waals surface area (Å²) in [6.07, 6.45) is 1.75. The maximum atomic E-state index is 11.6. The number of rotatable bonds is 2. The molecule has 1 fully saturated rings. The molecule has 2 aromatic rings. The van der Waals surface area contributed by atoms with E-state index >= 15 is 0 Å². The predicted octanol–water partition coefficient (Wildman–Crippen LogP) is 2.36. The second-order valence-electron chi connectivity index (χ2n) is 5.18. The first kappa shape index (κ1) is 13.3. The number of carbonyl (C=O) groups is 1. The molecule has 20 heavy (non-hydrogen) atoms. The van der Waals surface area contributed by atoms with Gasteiger partial charge in [0.05, 0.1) is 0 Å². The Balaban J connectivity index is 2.10. The normalized spacial score (nSPS) is 23.2. The molecule has 0 bridgehead atoms. The van der Waals surface area contributed by atoms with Gasteiger partial charge >= 0.3 is 5.97 Å². The number of hydrogen-bond donors (Lipinski definition) is 1. The molecule has 0 saturated carbocycles. The molecule has 1 saturated heterocycles. The van der Waals surface area contributed by atoms with Crippen molar-refractivity contribution >= 4 is 29.2 Å². The summed E-state index contributed by atoms with van der Waals surface area (Å²) in [5.74, 6) is -0.347. The van der Waals surface area contributed by atoms with Crippen molar-refractivity contribution in [2.45, 2.75) is 24.3 Å². The van der Waals surface area contributed by atoms with Crippen molar-refractivity contribution in [3.8, 4) is 0 Å². The lowest BCUT2D eigenvalue weighted by molar-refractivity contribution is 0.0690. The molecule has 0 spiro atoms. The van der Waals surface area contributed by atoms with Crippen LogP contribution in [0.25, 0.3) is 5.65 Å². The maximum absolute atomic E-state index is 11.6. The quantitative estimate of drug-likeness (QED) is 0.920. The van der Waals surface area contributed by atoms with Gasteiger partial charge in [0.25, 0.3) is 0 Å². The van der Waals surface area contributed by atoms with Gasteiger partial charge in [0, 0.05) is 29.8 Å². The van der Waals surface area contributed by atoms with Gasteiger partial charge in [0.1, 0.15) is 5.65 Å². The minimum atomic E-state index is -0.933. The van der Waals surface area contributed by atoms with Crippen LogP contribution in [0.1, 0.15) is 24.3 Å². The highest BCUT2D eigenvalue weighted by Gasteiger charge is 2.29. The summed E-state index contributed by atoms with van der Waals surface area (Å²) < 4.78 is 1.65. The number of aromatic nitrogens is 2. The fraction of sp³-hybridized carbons (Fsp3) is 0.429. The van der Waals surface area contributed by atoms with E-state index in [1.54, 1.807) is 10.6 Å². The Bertz CT molecular complexity index is 645. The number of nitrogens with zero attached hydrogens (tertiary/aromatic N) is 3. The Hall–Kier alpha value is -1.69. The highest BCUT2D eigenvalue weighted by Crippen LogP contribution is 2.30. The molecular formula is C14H17N3O2S. The minimum Gasteiger partial charge on any atom is -0.476 e. The van der Waals surface area contributed by atoms with Crippen molar-refractivity contribution in [2.24, 2.45) is 0 Å². The molecule has 0 aliphatic carbocycles. The van der Waals surface area contributed by atoms with E-state index in [4.69, 9.17) is 0 Å². The van der Waals surface area contributed by atoms with E-state index in [0.29, 0.717) is 22.0 Å². The summed E-state index contributed by atoms with van der Waals surface area (Å²) in [7, 11) is 0. The van der Waals surface area contributed by atoms with Crippen LogP contribution in [0.2, 0.25) is 0 Å². The van der Waals surface area contributed by atoms with E-state index in [2.05, 4.69) is 23.7 Å². The average Bonchev–Trinajstić information content (AvgIpc) is 2.76. The molecule has 6 heteroatoms. The number of pyridine rings is 1. The van der Waals surface area contributed by atoms with Crippen LogP contribution in [0.4, 0.5) is 5.82 Å². The number of aromatic carboxylic acids is 1. The Morgan fingerprint density at radius 3 is 2.70 bits per heavy atom. The molecule has 3 rings (SSSR count). The van der Waals surface area contributed by atoms with Gasteiger partial charge in [0.2, 0.25) is 0 Å². The summed E-state index contributed by atoms with van der Waals surface area (Å²) in [6, 6.07) is 5.53. The molecule has 1 aliphatic heterocycles. The molecule has 0 aromatic carbocycles.